The molecule has 1 aromatic rings. The van der Waals surface area contributed by atoms with Crippen molar-refractivity contribution in [1.29, 1.82) is 0 Å². The van der Waals surface area contributed by atoms with E-state index in [0.717, 1.165) is 32.5 Å². The maximum atomic E-state index is 12.1. The van der Waals surface area contributed by atoms with Crippen LogP contribution in [0.25, 0.3) is 0 Å². The maximum absolute atomic E-state index is 12.1. The third-order valence-corrected chi connectivity index (χ3v) is 5.91. The minimum Gasteiger partial charge on any atom is -0.444 e. The molecule has 0 saturated carbocycles. The molecule has 22 heavy (non-hydrogen) atoms. The van der Waals surface area contributed by atoms with E-state index >= 15 is 0 Å². The molecule has 0 aliphatic carbocycles. The molecular weight excluding hydrogens is 296 g/mol. The van der Waals surface area contributed by atoms with Crippen molar-refractivity contribution < 1.29 is 9.53 Å². The number of thiophene rings is 1. The smallest absolute Gasteiger partial charge is 0.410 e. The van der Waals surface area contributed by atoms with Gasteiger partial charge in [-0.1, -0.05) is 6.92 Å². The predicted molar refractivity (Wildman–Crippen MR) is 89.3 cm³/mol. The average Bonchev–Trinajstić information content (AvgIpc) is 2.84. The first-order valence-corrected chi connectivity index (χ1v) is 9.03. The van der Waals surface area contributed by atoms with Gasteiger partial charge in [-0.05, 0) is 50.6 Å². The van der Waals surface area contributed by atoms with Crippen LogP contribution in [0.3, 0.4) is 0 Å². The average molecular weight is 322 g/mol. The van der Waals surface area contributed by atoms with E-state index in [-0.39, 0.29) is 11.6 Å². The topological polar surface area (TPSA) is 41.6 Å². The van der Waals surface area contributed by atoms with Gasteiger partial charge in [0.15, 0.2) is 0 Å². The van der Waals surface area contributed by atoms with Gasteiger partial charge in [-0.25, -0.2) is 4.79 Å². The monoisotopic (exact) mass is 322 g/mol. The number of amides is 1. The van der Waals surface area contributed by atoms with Gasteiger partial charge < -0.3 is 15.0 Å². The van der Waals surface area contributed by atoms with Crippen LogP contribution < -0.4 is 5.32 Å². The summed E-state index contributed by atoms with van der Waals surface area (Å²) in [4.78, 5) is 15.5. The zero-order valence-electron chi connectivity index (χ0n) is 13.9. The minimum absolute atomic E-state index is 0.0419. The number of fused-ring (bicyclic) bond motifs is 1. The zero-order chi connectivity index (χ0) is 16.0. The van der Waals surface area contributed by atoms with Crippen LogP contribution in [0.15, 0.2) is 11.4 Å². The normalized spacial score (nSPS) is 25.5. The van der Waals surface area contributed by atoms with E-state index in [9.17, 15) is 4.79 Å². The van der Waals surface area contributed by atoms with Crippen molar-refractivity contribution in [2.24, 2.45) is 5.92 Å². The summed E-state index contributed by atoms with van der Waals surface area (Å²) < 4.78 is 5.47. The van der Waals surface area contributed by atoms with E-state index in [1.54, 1.807) is 0 Å². The molecule has 2 aliphatic rings. The van der Waals surface area contributed by atoms with Crippen molar-refractivity contribution in [3.8, 4) is 0 Å². The molecule has 3 heterocycles. The molecule has 5 heteroatoms. The number of hydrogen-bond donors (Lipinski definition) is 1. The minimum atomic E-state index is -0.422. The summed E-state index contributed by atoms with van der Waals surface area (Å²) in [6.07, 6.45) is 1.99. The fourth-order valence-electron chi connectivity index (χ4n) is 3.59. The van der Waals surface area contributed by atoms with Crippen LogP contribution in [0.5, 0.6) is 0 Å². The summed E-state index contributed by atoms with van der Waals surface area (Å²) in [7, 11) is 0. The van der Waals surface area contributed by atoms with Gasteiger partial charge in [-0.15, -0.1) is 11.3 Å². The van der Waals surface area contributed by atoms with Gasteiger partial charge >= 0.3 is 6.09 Å². The van der Waals surface area contributed by atoms with Gasteiger partial charge in [0, 0.05) is 30.4 Å². The number of likely N-dealkylation sites (tertiary alicyclic amines) is 1. The summed E-state index contributed by atoms with van der Waals surface area (Å²) in [6, 6.07) is 2.26. The molecule has 1 atom stereocenters. The maximum Gasteiger partial charge on any atom is 0.410 e. The molecule has 1 aromatic heterocycles. The summed E-state index contributed by atoms with van der Waals surface area (Å²) in [6.45, 7) is 10.6. The van der Waals surface area contributed by atoms with E-state index in [1.807, 2.05) is 37.0 Å². The Hall–Kier alpha value is -1.07. The van der Waals surface area contributed by atoms with Crippen molar-refractivity contribution in [3.63, 3.8) is 0 Å². The molecular formula is C17H26N2O2S. The number of carbonyl (C=O) groups is 1. The standard InChI is InChI=1S/C17H26N2O2S/c1-5-17(14-12(6-8-18-17)7-9-22-14)13-10-19(11-13)15(20)21-16(2,3)4/h7,9,13,18H,5-6,8,10-11H2,1-4H3. The second kappa shape index (κ2) is 5.53. The van der Waals surface area contributed by atoms with Crippen LogP contribution in [0.1, 0.15) is 44.6 Å². The van der Waals surface area contributed by atoms with E-state index < -0.39 is 5.60 Å². The molecule has 1 amide bonds. The Balaban J connectivity index is 1.71. The lowest BCUT2D eigenvalue weighted by Gasteiger charge is -2.52. The number of nitrogens with one attached hydrogen (secondary N) is 1. The molecule has 122 valence electrons. The van der Waals surface area contributed by atoms with E-state index in [4.69, 9.17) is 4.74 Å². The first kappa shape index (κ1) is 15.8. The van der Waals surface area contributed by atoms with Crippen molar-refractivity contribution in [1.82, 2.24) is 10.2 Å². The molecule has 4 nitrogen and oxygen atoms in total. The van der Waals surface area contributed by atoms with Gasteiger partial charge in [-0.3, -0.25) is 0 Å². The summed E-state index contributed by atoms with van der Waals surface area (Å²) >= 11 is 1.86. The second-order valence-electron chi connectivity index (χ2n) is 7.36. The highest BCUT2D eigenvalue weighted by molar-refractivity contribution is 7.10. The summed E-state index contributed by atoms with van der Waals surface area (Å²) in [5, 5.41) is 5.97. The Labute approximate surface area is 136 Å². The third kappa shape index (κ3) is 2.65. The lowest BCUT2D eigenvalue weighted by molar-refractivity contribution is -0.0230. The van der Waals surface area contributed by atoms with Crippen LogP contribution in [0.4, 0.5) is 4.79 Å². The van der Waals surface area contributed by atoms with Gasteiger partial charge in [0.2, 0.25) is 0 Å². The SMILES string of the molecule is CCC1(C2CN(C(=O)OC(C)(C)C)C2)NCCc2ccsc21. The Morgan fingerprint density at radius 2 is 2.23 bits per heavy atom. The van der Waals surface area contributed by atoms with Crippen LogP contribution in [0, 0.1) is 5.92 Å². The molecule has 1 unspecified atom stereocenters. The van der Waals surface area contributed by atoms with Crippen molar-refractivity contribution in [2.45, 2.75) is 51.7 Å². The first-order chi connectivity index (χ1) is 10.4. The Morgan fingerprint density at radius 3 is 2.86 bits per heavy atom. The fraction of sp³-hybridized carbons (Fsp3) is 0.706. The van der Waals surface area contributed by atoms with E-state index in [0.29, 0.717) is 5.92 Å². The molecule has 1 N–H and O–H groups in total. The third-order valence-electron chi connectivity index (χ3n) is 4.77. The van der Waals surface area contributed by atoms with Crippen molar-refractivity contribution in [2.75, 3.05) is 19.6 Å². The number of nitrogens with zero attached hydrogens (tertiary/aromatic N) is 1. The Morgan fingerprint density at radius 1 is 1.50 bits per heavy atom. The molecule has 3 rings (SSSR count). The van der Waals surface area contributed by atoms with Crippen LogP contribution in [-0.4, -0.2) is 36.2 Å². The van der Waals surface area contributed by atoms with Gasteiger partial charge in [-0.2, -0.15) is 0 Å². The summed E-state index contributed by atoms with van der Waals surface area (Å²) in [5.41, 5.74) is 1.11. The quantitative estimate of drug-likeness (QED) is 0.908. The molecule has 0 aromatic carbocycles. The van der Waals surface area contributed by atoms with E-state index in [2.05, 4.69) is 23.7 Å². The molecule has 0 radical (unpaired) electrons. The number of rotatable bonds is 2. The highest BCUT2D eigenvalue weighted by atomic mass is 32.1. The summed E-state index contributed by atoms with van der Waals surface area (Å²) in [5.74, 6) is 0.475. The highest BCUT2D eigenvalue weighted by Gasteiger charge is 2.49. The van der Waals surface area contributed by atoms with Crippen molar-refractivity contribution in [3.05, 3.63) is 21.9 Å². The lowest BCUT2D eigenvalue weighted by Crippen LogP contribution is -2.64. The van der Waals surface area contributed by atoms with Gasteiger partial charge in [0.05, 0.1) is 5.54 Å². The molecule has 1 saturated heterocycles. The first-order valence-electron chi connectivity index (χ1n) is 8.15. The Bertz CT molecular complexity index is 557. The number of hydrogen-bond acceptors (Lipinski definition) is 4. The van der Waals surface area contributed by atoms with Gasteiger partial charge in [0.1, 0.15) is 5.60 Å². The fourth-order valence-corrected chi connectivity index (χ4v) is 4.88. The second-order valence-corrected chi connectivity index (χ2v) is 8.28. The van der Waals surface area contributed by atoms with Crippen LogP contribution >= 0.6 is 11.3 Å². The number of ether oxygens (including phenoxy) is 1. The van der Waals surface area contributed by atoms with Crippen LogP contribution in [-0.2, 0) is 16.7 Å². The molecule has 1 fully saturated rings. The van der Waals surface area contributed by atoms with Crippen molar-refractivity contribution >= 4 is 17.4 Å². The predicted octanol–water partition coefficient (Wildman–Crippen LogP) is 3.37. The Kier molecular flexibility index (Phi) is 3.98. The molecule has 2 aliphatic heterocycles. The zero-order valence-corrected chi connectivity index (χ0v) is 14.8. The van der Waals surface area contributed by atoms with Gasteiger partial charge in [0.25, 0.3) is 0 Å². The molecule has 0 spiro atoms. The largest absolute Gasteiger partial charge is 0.444 e. The highest BCUT2D eigenvalue weighted by Crippen LogP contribution is 2.44. The van der Waals surface area contributed by atoms with Crippen LogP contribution in [0.2, 0.25) is 0 Å². The molecule has 0 bridgehead atoms. The number of carbonyl (C=O) groups excluding carboxylic acids is 1. The van der Waals surface area contributed by atoms with E-state index in [1.165, 1.54) is 10.4 Å². The lowest BCUT2D eigenvalue weighted by atomic mass is 9.73.